The number of guanidine groups is 1. The molecule has 7 heteroatoms. The number of anilines is 1. The van der Waals surface area contributed by atoms with Crippen molar-refractivity contribution in [2.75, 3.05) is 12.4 Å². The largest absolute Gasteiger partial charge is 0.481 e. The SMILES string of the molecule is COc1c(CN=C(N)Nc2cccc3c2CCCC3)c(C)nn1C.I. The van der Waals surface area contributed by atoms with E-state index in [1.165, 1.54) is 24.0 Å². The minimum atomic E-state index is 0. The summed E-state index contributed by atoms with van der Waals surface area (Å²) >= 11 is 0. The van der Waals surface area contributed by atoms with E-state index in [2.05, 4.69) is 33.6 Å². The van der Waals surface area contributed by atoms with Crippen LogP contribution in [0.25, 0.3) is 0 Å². The zero-order valence-corrected chi connectivity index (χ0v) is 17.3. The van der Waals surface area contributed by atoms with Crippen LogP contribution in [0.2, 0.25) is 0 Å². The van der Waals surface area contributed by atoms with Crippen molar-refractivity contribution < 1.29 is 4.74 Å². The van der Waals surface area contributed by atoms with Gasteiger partial charge in [0.15, 0.2) is 5.96 Å². The number of aryl methyl sites for hydroxylation is 3. The number of ether oxygens (including phenoxy) is 1. The topological polar surface area (TPSA) is 77.5 Å². The highest BCUT2D eigenvalue weighted by atomic mass is 127. The third-order valence-corrected chi connectivity index (χ3v) is 4.55. The van der Waals surface area contributed by atoms with Crippen LogP contribution in [0.3, 0.4) is 0 Å². The molecule has 0 saturated carbocycles. The number of halogens is 1. The van der Waals surface area contributed by atoms with Gasteiger partial charge in [0.05, 0.1) is 24.9 Å². The fourth-order valence-electron chi connectivity index (χ4n) is 3.36. The van der Waals surface area contributed by atoms with Gasteiger partial charge in [-0.15, -0.1) is 24.0 Å². The first-order valence-electron chi connectivity index (χ1n) is 8.34. The molecule has 0 atom stereocenters. The van der Waals surface area contributed by atoms with Crippen LogP contribution in [0.4, 0.5) is 5.69 Å². The number of rotatable bonds is 4. The Labute approximate surface area is 165 Å². The van der Waals surface area contributed by atoms with Crippen LogP contribution in [0.15, 0.2) is 23.2 Å². The second-order valence-corrected chi connectivity index (χ2v) is 6.17. The zero-order chi connectivity index (χ0) is 17.1. The summed E-state index contributed by atoms with van der Waals surface area (Å²) in [4.78, 5) is 4.47. The molecule has 1 aliphatic carbocycles. The first-order valence-corrected chi connectivity index (χ1v) is 8.34. The predicted octanol–water partition coefficient (Wildman–Crippen LogP) is 3.16. The summed E-state index contributed by atoms with van der Waals surface area (Å²) in [5.41, 5.74) is 11.8. The van der Waals surface area contributed by atoms with Crippen LogP contribution < -0.4 is 15.8 Å². The molecule has 0 saturated heterocycles. The van der Waals surface area contributed by atoms with Gasteiger partial charge in [0.2, 0.25) is 5.88 Å². The summed E-state index contributed by atoms with van der Waals surface area (Å²) in [6, 6.07) is 6.35. The average Bonchev–Trinajstić information content (AvgIpc) is 2.86. The van der Waals surface area contributed by atoms with Crippen molar-refractivity contribution in [3.05, 3.63) is 40.6 Å². The molecule has 1 aromatic carbocycles. The third kappa shape index (κ3) is 4.26. The van der Waals surface area contributed by atoms with Crippen LogP contribution >= 0.6 is 24.0 Å². The molecule has 1 aliphatic rings. The molecule has 1 heterocycles. The third-order valence-electron chi connectivity index (χ3n) is 4.55. The summed E-state index contributed by atoms with van der Waals surface area (Å²) < 4.78 is 7.11. The first kappa shape index (κ1) is 19.6. The second-order valence-electron chi connectivity index (χ2n) is 6.17. The van der Waals surface area contributed by atoms with Gasteiger partial charge in [0.25, 0.3) is 0 Å². The molecule has 0 unspecified atom stereocenters. The van der Waals surface area contributed by atoms with E-state index in [0.717, 1.165) is 35.7 Å². The molecule has 0 radical (unpaired) electrons. The fourth-order valence-corrected chi connectivity index (χ4v) is 3.36. The molecule has 25 heavy (non-hydrogen) atoms. The molecule has 1 aromatic heterocycles. The quantitative estimate of drug-likeness (QED) is 0.422. The van der Waals surface area contributed by atoms with Gasteiger partial charge in [-0.05, 0) is 49.8 Å². The van der Waals surface area contributed by atoms with E-state index in [0.29, 0.717) is 12.5 Å². The van der Waals surface area contributed by atoms with E-state index in [1.54, 1.807) is 11.8 Å². The number of nitrogens with one attached hydrogen (secondary N) is 1. The van der Waals surface area contributed by atoms with Crippen LogP contribution in [0.5, 0.6) is 5.88 Å². The summed E-state index contributed by atoms with van der Waals surface area (Å²) in [7, 11) is 3.50. The Kier molecular flexibility index (Phi) is 6.69. The van der Waals surface area contributed by atoms with E-state index in [4.69, 9.17) is 10.5 Å². The smallest absolute Gasteiger partial charge is 0.216 e. The average molecular weight is 455 g/mol. The van der Waals surface area contributed by atoms with E-state index in [-0.39, 0.29) is 24.0 Å². The molecule has 0 aliphatic heterocycles. The van der Waals surface area contributed by atoms with Gasteiger partial charge in [-0.3, -0.25) is 0 Å². The van der Waals surface area contributed by atoms with E-state index in [9.17, 15) is 0 Å². The number of benzene rings is 1. The van der Waals surface area contributed by atoms with Crippen molar-refractivity contribution in [2.45, 2.75) is 39.2 Å². The van der Waals surface area contributed by atoms with Gasteiger partial charge in [-0.2, -0.15) is 5.10 Å². The number of fused-ring (bicyclic) bond motifs is 1. The van der Waals surface area contributed by atoms with Gasteiger partial charge in [-0.25, -0.2) is 9.67 Å². The van der Waals surface area contributed by atoms with Crippen molar-refractivity contribution in [1.82, 2.24) is 9.78 Å². The molecule has 3 rings (SSSR count). The minimum Gasteiger partial charge on any atom is -0.481 e. The maximum atomic E-state index is 6.11. The first-order chi connectivity index (χ1) is 11.6. The highest BCUT2D eigenvalue weighted by molar-refractivity contribution is 14.0. The molecular formula is C18H26IN5O. The van der Waals surface area contributed by atoms with E-state index < -0.39 is 0 Å². The fraction of sp³-hybridized carbons (Fsp3) is 0.444. The Morgan fingerprint density at radius 2 is 2.12 bits per heavy atom. The molecule has 6 nitrogen and oxygen atoms in total. The van der Waals surface area contributed by atoms with Crippen molar-refractivity contribution >= 4 is 35.6 Å². The summed E-state index contributed by atoms with van der Waals surface area (Å²) in [5, 5.41) is 7.63. The van der Waals surface area contributed by atoms with Gasteiger partial charge in [-0.1, -0.05) is 12.1 Å². The Balaban J connectivity index is 0.00000225. The van der Waals surface area contributed by atoms with Gasteiger partial charge in [0.1, 0.15) is 0 Å². The molecule has 3 N–H and O–H groups in total. The number of hydrogen-bond acceptors (Lipinski definition) is 3. The highest BCUT2D eigenvalue weighted by Crippen LogP contribution is 2.28. The second kappa shape index (κ2) is 8.55. The highest BCUT2D eigenvalue weighted by Gasteiger charge is 2.15. The maximum absolute atomic E-state index is 6.11. The van der Waals surface area contributed by atoms with Gasteiger partial charge in [0, 0.05) is 12.7 Å². The van der Waals surface area contributed by atoms with Gasteiger partial charge >= 0.3 is 0 Å². The standard InChI is InChI=1S/C18H25N5O.HI/c1-12-15(17(24-3)23(2)22-12)11-20-18(19)21-16-10-6-8-13-7-4-5-9-14(13)16;/h6,8,10H,4-5,7,9,11H2,1-3H3,(H3,19,20,21);1H. The van der Waals surface area contributed by atoms with E-state index >= 15 is 0 Å². The predicted molar refractivity (Wildman–Crippen MR) is 112 cm³/mol. The molecule has 136 valence electrons. The van der Waals surface area contributed by atoms with Crippen molar-refractivity contribution in [3.63, 3.8) is 0 Å². The lowest BCUT2D eigenvalue weighted by molar-refractivity contribution is 0.369. The van der Waals surface area contributed by atoms with Crippen molar-refractivity contribution in [1.29, 1.82) is 0 Å². The summed E-state index contributed by atoms with van der Waals surface area (Å²) in [6.45, 7) is 2.39. The number of nitrogens with two attached hydrogens (primary N) is 1. The van der Waals surface area contributed by atoms with Crippen molar-refractivity contribution in [3.8, 4) is 5.88 Å². The van der Waals surface area contributed by atoms with Gasteiger partial charge < -0.3 is 15.8 Å². The molecule has 0 spiro atoms. The van der Waals surface area contributed by atoms with Crippen molar-refractivity contribution in [2.24, 2.45) is 17.8 Å². The van der Waals surface area contributed by atoms with Crippen LogP contribution in [0, 0.1) is 6.92 Å². The monoisotopic (exact) mass is 455 g/mol. The van der Waals surface area contributed by atoms with E-state index in [1.807, 2.05) is 14.0 Å². The zero-order valence-electron chi connectivity index (χ0n) is 15.0. The van der Waals surface area contributed by atoms with Crippen LogP contribution in [0.1, 0.15) is 35.2 Å². The lowest BCUT2D eigenvalue weighted by Gasteiger charge is -2.19. The molecular weight excluding hydrogens is 429 g/mol. The number of aliphatic imine (C=N–C) groups is 1. The lowest BCUT2D eigenvalue weighted by atomic mass is 9.90. The summed E-state index contributed by atoms with van der Waals surface area (Å²) in [6.07, 6.45) is 4.74. The normalized spacial score (nSPS) is 13.8. The Hall–Kier alpha value is -1.77. The van der Waals surface area contributed by atoms with Crippen LogP contribution in [-0.4, -0.2) is 22.8 Å². The number of aromatic nitrogens is 2. The minimum absolute atomic E-state index is 0. The Bertz CT molecular complexity index is 769. The summed E-state index contributed by atoms with van der Waals surface area (Å²) in [5.74, 6) is 1.14. The molecule has 0 bridgehead atoms. The van der Waals surface area contributed by atoms with Crippen LogP contribution in [-0.2, 0) is 26.4 Å². The number of methoxy groups -OCH3 is 1. The Morgan fingerprint density at radius 3 is 2.88 bits per heavy atom. The number of nitrogens with zero attached hydrogens (tertiary/aromatic N) is 3. The molecule has 0 amide bonds. The lowest BCUT2D eigenvalue weighted by Crippen LogP contribution is -2.24. The number of hydrogen-bond donors (Lipinski definition) is 2. The molecule has 0 fully saturated rings. The maximum Gasteiger partial charge on any atom is 0.216 e. The Morgan fingerprint density at radius 1 is 1.36 bits per heavy atom. The molecule has 2 aromatic rings.